The maximum atomic E-state index is 11.9. The van der Waals surface area contributed by atoms with Crippen molar-refractivity contribution in [2.75, 3.05) is 6.54 Å². The highest BCUT2D eigenvalue weighted by Gasteiger charge is 2.05. The minimum atomic E-state index is -2.76. The first-order valence-electron chi connectivity index (χ1n) is 5.85. The molecule has 1 rings (SSSR count). The van der Waals surface area contributed by atoms with Crippen molar-refractivity contribution in [3.05, 3.63) is 29.8 Å². The van der Waals surface area contributed by atoms with Gasteiger partial charge < -0.3 is 10.5 Å². The van der Waals surface area contributed by atoms with E-state index in [1.165, 1.54) is 0 Å². The first kappa shape index (κ1) is 13.9. The van der Waals surface area contributed by atoms with Gasteiger partial charge in [0, 0.05) is 0 Å². The van der Waals surface area contributed by atoms with Crippen LogP contribution >= 0.6 is 0 Å². The van der Waals surface area contributed by atoms with E-state index in [-0.39, 0.29) is 5.75 Å². The van der Waals surface area contributed by atoms with Crippen molar-refractivity contribution in [3.63, 3.8) is 0 Å². The molecule has 0 aliphatic heterocycles. The maximum Gasteiger partial charge on any atom is 0.387 e. The Morgan fingerprint density at radius 2 is 1.82 bits per heavy atom. The number of hydrogen-bond acceptors (Lipinski definition) is 2. The number of halogens is 2. The Kier molecular flexibility index (Phi) is 5.91. The van der Waals surface area contributed by atoms with Crippen LogP contribution in [0.15, 0.2) is 24.3 Å². The monoisotopic (exact) mass is 243 g/mol. The van der Waals surface area contributed by atoms with Gasteiger partial charge in [-0.05, 0) is 49.4 Å². The predicted molar refractivity (Wildman–Crippen MR) is 64.2 cm³/mol. The van der Waals surface area contributed by atoms with Crippen molar-refractivity contribution >= 4 is 0 Å². The zero-order valence-corrected chi connectivity index (χ0v) is 10.0. The average molecular weight is 243 g/mol. The van der Waals surface area contributed by atoms with E-state index in [9.17, 15) is 8.78 Å². The van der Waals surface area contributed by atoms with Gasteiger partial charge in [0.05, 0.1) is 0 Å². The van der Waals surface area contributed by atoms with Gasteiger partial charge in [-0.15, -0.1) is 0 Å². The molecule has 1 aromatic carbocycles. The van der Waals surface area contributed by atoms with Gasteiger partial charge in [0.25, 0.3) is 0 Å². The fourth-order valence-corrected chi connectivity index (χ4v) is 1.68. The summed E-state index contributed by atoms with van der Waals surface area (Å²) in [4.78, 5) is 0. The molecule has 0 saturated carbocycles. The van der Waals surface area contributed by atoms with Crippen LogP contribution in [0, 0.1) is 5.92 Å². The van der Waals surface area contributed by atoms with Crippen LogP contribution in [-0.4, -0.2) is 13.2 Å². The SMILES string of the molecule is CC(CCN)CCc1ccc(OC(F)F)cc1. The van der Waals surface area contributed by atoms with Gasteiger partial charge >= 0.3 is 6.61 Å². The molecule has 0 heterocycles. The highest BCUT2D eigenvalue weighted by molar-refractivity contribution is 5.27. The Bertz CT molecular complexity index is 314. The van der Waals surface area contributed by atoms with E-state index in [2.05, 4.69) is 11.7 Å². The lowest BCUT2D eigenvalue weighted by atomic mass is 9.98. The Hall–Kier alpha value is -1.16. The molecule has 0 bridgehead atoms. The average Bonchev–Trinajstić information content (AvgIpc) is 2.28. The third-order valence-electron chi connectivity index (χ3n) is 2.73. The number of nitrogens with two attached hydrogens (primary N) is 1. The third-order valence-corrected chi connectivity index (χ3v) is 2.73. The zero-order valence-electron chi connectivity index (χ0n) is 10.0. The molecule has 0 aliphatic rings. The highest BCUT2D eigenvalue weighted by atomic mass is 19.3. The van der Waals surface area contributed by atoms with E-state index in [0.29, 0.717) is 12.5 Å². The van der Waals surface area contributed by atoms with Gasteiger partial charge in [-0.1, -0.05) is 19.1 Å². The van der Waals surface area contributed by atoms with Crippen molar-refractivity contribution in [2.24, 2.45) is 11.7 Å². The van der Waals surface area contributed by atoms with Gasteiger partial charge in [-0.3, -0.25) is 0 Å². The van der Waals surface area contributed by atoms with Crippen LogP contribution in [0.2, 0.25) is 0 Å². The minimum Gasteiger partial charge on any atom is -0.435 e. The van der Waals surface area contributed by atoms with E-state index in [0.717, 1.165) is 24.8 Å². The number of aryl methyl sites for hydroxylation is 1. The molecule has 17 heavy (non-hydrogen) atoms. The number of benzene rings is 1. The summed E-state index contributed by atoms with van der Waals surface area (Å²) in [7, 11) is 0. The second kappa shape index (κ2) is 7.22. The van der Waals surface area contributed by atoms with Crippen LogP contribution in [0.4, 0.5) is 8.78 Å². The summed E-state index contributed by atoms with van der Waals surface area (Å²) in [6.07, 6.45) is 3.02. The molecule has 0 radical (unpaired) electrons. The topological polar surface area (TPSA) is 35.2 Å². The summed E-state index contributed by atoms with van der Waals surface area (Å²) in [5.74, 6) is 0.802. The molecule has 0 spiro atoms. The smallest absolute Gasteiger partial charge is 0.387 e. The van der Waals surface area contributed by atoms with E-state index >= 15 is 0 Å². The maximum absolute atomic E-state index is 11.9. The van der Waals surface area contributed by atoms with Gasteiger partial charge in [0.1, 0.15) is 5.75 Å². The lowest BCUT2D eigenvalue weighted by Crippen LogP contribution is -2.06. The number of alkyl halides is 2. The molecule has 0 saturated heterocycles. The van der Waals surface area contributed by atoms with E-state index in [1.54, 1.807) is 12.1 Å². The minimum absolute atomic E-state index is 0.207. The summed E-state index contributed by atoms with van der Waals surface area (Å²) in [6.45, 7) is 0.120. The molecular weight excluding hydrogens is 224 g/mol. The summed E-state index contributed by atoms with van der Waals surface area (Å²) in [5.41, 5.74) is 6.61. The number of rotatable bonds is 7. The van der Waals surface area contributed by atoms with E-state index < -0.39 is 6.61 Å². The van der Waals surface area contributed by atoms with Crippen LogP contribution in [0.1, 0.15) is 25.3 Å². The van der Waals surface area contributed by atoms with Crippen LogP contribution in [0.5, 0.6) is 5.75 Å². The third kappa shape index (κ3) is 5.63. The summed E-state index contributed by atoms with van der Waals surface area (Å²) < 4.78 is 28.1. The van der Waals surface area contributed by atoms with Gasteiger partial charge in [0.15, 0.2) is 0 Å². The predicted octanol–water partition coefficient (Wildman–Crippen LogP) is 3.21. The van der Waals surface area contributed by atoms with Crippen molar-refractivity contribution in [2.45, 2.75) is 32.8 Å². The summed E-state index contributed by atoms with van der Waals surface area (Å²) in [5, 5.41) is 0. The Balaban J connectivity index is 2.40. The Labute approximate surface area is 101 Å². The summed E-state index contributed by atoms with van der Waals surface area (Å²) >= 11 is 0. The second-order valence-electron chi connectivity index (χ2n) is 4.24. The molecule has 0 fully saturated rings. The van der Waals surface area contributed by atoms with Gasteiger partial charge in [0.2, 0.25) is 0 Å². The molecule has 0 amide bonds. The quantitative estimate of drug-likeness (QED) is 0.798. The van der Waals surface area contributed by atoms with Crippen LogP contribution in [-0.2, 0) is 6.42 Å². The van der Waals surface area contributed by atoms with Crippen LogP contribution < -0.4 is 10.5 Å². The van der Waals surface area contributed by atoms with Crippen LogP contribution in [0.25, 0.3) is 0 Å². The van der Waals surface area contributed by atoms with E-state index in [4.69, 9.17) is 5.73 Å². The number of ether oxygens (including phenoxy) is 1. The molecular formula is C13H19F2NO. The fraction of sp³-hybridized carbons (Fsp3) is 0.538. The van der Waals surface area contributed by atoms with Crippen molar-refractivity contribution < 1.29 is 13.5 Å². The Morgan fingerprint density at radius 3 is 2.35 bits per heavy atom. The first-order valence-corrected chi connectivity index (χ1v) is 5.85. The molecule has 1 aromatic rings. The molecule has 1 atom stereocenters. The largest absolute Gasteiger partial charge is 0.435 e. The Morgan fingerprint density at radius 1 is 1.18 bits per heavy atom. The first-order chi connectivity index (χ1) is 8.11. The van der Waals surface area contributed by atoms with E-state index in [1.807, 2.05) is 12.1 Å². The van der Waals surface area contributed by atoms with Crippen LogP contribution in [0.3, 0.4) is 0 Å². The molecule has 0 aromatic heterocycles. The standard InChI is InChI=1S/C13H19F2NO/c1-10(8-9-16)2-3-11-4-6-12(7-5-11)17-13(14)15/h4-7,10,13H,2-3,8-9,16H2,1H3. The lowest BCUT2D eigenvalue weighted by molar-refractivity contribution is -0.0498. The normalized spacial score (nSPS) is 12.8. The molecule has 2 N–H and O–H groups in total. The van der Waals surface area contributed by atoms with Gasteiger partial charge in [-0.25, -0.2) is 0 Å². The zero-order chi connectivity index (χ0) is 12.7. The highest BCUT2D eigenvalue weighted by Crippen LogP contribution is 2.17. The van der Waals surface area contributed by atoms with Crippen molar-refractivity contribution in [1.82, 2.24) is 0 Å². The summed E-state index contributed by atoms with van der Waals surface area (Å²) in [6, 6.07) is 6.81. The van der Waals surface area contributed by atoms with Crippen molar-refractivity contribution in [3.8, 4) is 5.75 Å². The fourth-order valence-electron chi connectivity index (χ4n) is 1.68. The molecule has 4 heteroatoms. The molecule has 0 aliphatic carbocycles. The second-order valence-corrected chi connectivity index (χ2v) is 4.24. The number of hydrogen-bond donors (Lipinski definition) is 1. The van der Waals surface area contributed by atoms with Crippen molar-refractivity contribution in [1.29, 1.82) is 0 Å². The lowest BCUT2D eigenvalue weighted by Gasteiger charge is -2.10. The molecule has 2 nitrogen and oxygen atoms in total. The van der Waals surface area contributed by atoms with Gasteiger partial charge in [-0.2, -0.15) is 8.78 Å². The molecule has 96 valence electrons. The molecule has 1 unspecified atom stereocenters.